The molecule has 1 aromatic heterocycles. The van der Waals surface area contributed by atoms with Crippen molar-refractivity contribution >= 4 is 22.6 Å². The summed E-state index contributed by atoms with van der Waals surface area (Å²) in [4.78, 5) is 29.4. The van der Waals surface area contributed by atoms with Crippen LogP contribution in [0.3, 0.4) is 0 Å². The minimum absolute atomic E-state index is 0.0924. The summed E-state index contributed by atoms with van der Waals surface area (Å²) in [7, 11) is 0. The number of alkyl halides is 2. The van der Waals surface area contributed by atoms with E-state index in [1.54, 1.807) is 36.5 Å². The third-order valence-electron chi connectivity index (χ3n) is 4.23. The van der Waals surface area contributed by atoms with Gasteiger partial charge in [-0.15, -0.1) is 0 Å². The topological polar surface area (TPSA) is 74.1 Å². The van der Waals surface area contributed by atoms with Crippen LogP contribution in [0, 0.1) is 11.3 Å². The zero-order valence-corrected chi connectivity index (χ0v) is 13.3. The highest BCUT2D eigenvalue weighted by Crippen LogP contribution is 2.32. The molecule has 1 aromatic carbocycles. The molecule has 1 atom stereocenters. The first-order chi connectivity index (χ1) is 11.9. The molecule has 2 aromatic rings. The van der Waals surface area contributed by atoms with Crippen LogP contribution >= 0.6 is 0 Å². The number of nitrogens with zero attached hydrogens (tertiary/aromatic N) is 3. The summed E-state index contributed by atoms with van der Waals surface area (Å²) < 4.78 is 26.8. The molecule has 0 aliphatic carbocycles. The van der Waals surface area contributed by atoms with E-state index in [9.17, 15) is 18.4 Å². The molecule has 1 aliphatic heterocycles. The van der Waals surface area contributed by atoms with Crippen molar-refractivity contribution in [1.29, 1.82) is 5.26 Å². The molecule has 1 fully saturated rings. The highest BCUT2D eigenvalue weighted by molar-refractivity contribution is 6.00. The van der Waals surface area contributed by atoms with Gasteiger partial charge in [0, 0.05) is 36.4 Å². The second-order valence-electron chi connectivity index (χ2n) is 6.06. The van der Waals surface area contributed by atoms with Gasteiger partial charge in [0.25, 0.3) is 5.92 Å². The molecule has 0 unspecified atom stereocenters. The summed E-state index contributed by atoms with van der Waals surface area (Å²) in [6, 6.07) is 9.22. The van der Waals surface area contributed by atoms with Crippen LogP contribution in [0.1, 0.15) is 29.6 Å². The lowest BCUT2D eigenvalue weighted by molar-refractivity contribution is -0.132. The van der Waals surface area contributed by atoms with Gasteiger partial charge < -0.3 is 4.90 Å². The second kappa shape index (κ2) is 6.55. The SMILES string of the molecule is N#C[C@@H]1CC(F)(F)CN1C(=O)CCC(=O)c1ccc2ncccc2c1. The molecule has 0 spiro atoms. The summed E-state index contributed by atoms with van der Waals surface area (Å²) in [5.74, 6) is -3.90. The van der Waals surface area contributed by atoms with Gasteiger partial charge in [0.2, 0.25) is 5.91 Å². The Hall–Kier alpha value is -2.88. The zero-order chi connectivity index (χ0) is 18.0. The van der Waals surface area contributed by atoms with Gasteiger partial charge in [-0.3, -0.25) is 14.6 Å². The minimum Gasteiger partial charge on any atom is -0.320 e. The van der Waals surface area contributed by atoms with Crippen LogP contribution in [0.25, 0.3) is 10.9 Å². The summed E-state index contributed by atoms with van der Waals surface area (Å²) >= 11 is 0. The number of hydrogen-bond donors (Lipinski definition) is 0. The Bertz CT molecular complexity index is 876. The standard InChI is InChI=1S/C18H15F2N3O2/c19-18(20)9-14(10-21)23(11-18)17(25)6-5-16(24)13-3-4-15-12(8-13)2-1-7-22-15/h1-4,7-8,14H,5-6,9,11H2/t14-/m0/s1. The van der Waals surface area contributed by atoms with Gasteiger partial charge in [-0.1, -0.05) is 6.07 Å². The number of likely N-dealkylation sites (tertiary alicyclic amines) is 1. The maximum absolute atomic E-state index is 13.4. The number of amides is 1. The number of rotatable bonds is 4. The zero-order valence-electron chi connectivity index (χ0n) is 13.3. The number of ketones is 1. The first-order valence-electron chi connectivity index (χ1n) is 7.84. The fraction of sp³-hybridized carbons (Fsp3) is 0.333. The number of carbonyl (C=O) groups is 2. The summed E-state index contributed by atoms with van der Waals surface area (Å²) in [6.45, 7) is -0.764. The van der Waals surface area contributed by atoms with Gasteiger partial charge >= 0.3 is 0 Å². The number of carbonyl (C=O) groups excluding carboxylic acids is 2. The number of benzene rings is 1. The van der Waals surface area contributed by atoms with E-state index in [0.29, 0.717) is 5.56 Å². The van der Waals surface area contributed by atoms with Crippen molar-refractivity contribution in [2.45, 2.75) is 31.2 Å². The molecule has 5 nitrogen and oxygen atoms in total. The Kier molecular flexibility index (Phi) is 4.45. The molecule has 128 valence electrons. The van der Waals surface area contributed by atoms with Crippen LogP contribution in [0.15, 0.2) is 36.5 Å². The second-order valence-corrected chi connectivity index (χ2v) is 6.06. The molecule has 0 radical (unpaired) electrons. The molecule has 1 amide bonds. The first-order valence-corrected chi connectivity index (χ1v) is 7.84. The quantitative estimate of drug-likeness (QED) is 0.800. The number of Topliss-reactive ketones (excluding diaryl/α,β-unsaturated/α-hetero) is 1. The lowest BCUT2D eigenvalue weighted by Crippen LogP contribution is -2.36. The van der Waals surface area contributed by atoms with E-state index in [0.717, 1.165) is 15.8 Å². The molecule has 0 N–H and O–H groups in total. The normalized spacial score (nSPS) is 18.9. The number of hydrogen-bond acceptors (Lipinski definition) is 4. The van der Waals surface area contributed by atoms with Crippen LogP contribution in [-0.4, -0.2) is 40.1 Å². The van der Waals surface area contributed by atoms with E-state index >= 15 is 0 Å². The molecule has 1 aliphatic rings. The number of aromatic nitrogens is 1. The largest absolute Gasteiger partial charge is 0.320 e. The van der Waals surface area contributed by atoms with E-state index in [2.05, 4.69) is 4.98 Å². The van der Waals surface area contributed by atoms with Gasteiger partial charge in [0.15, 0.2) is 5.78 Å². The number of nitriles is 1. The fourth-order valence-corrected chi connectivity index (χ4v) is 2.95. The van der Waals surface area contributed by atoms with Gasteiger partial charge in [-0.25, -0.2) is 8.78 Å². The maximum Gasteiger partial charge on any atom is 0.268 e. The van der Waals surface area contributed by atoms with Crippen LogP contribution < -0.4 is 0 Å². The molecule has 7 heteroatoms. The Balaban J connectivity index is 1.65. The molecule has 3 rings (SSSR count). The Labute approximate surface area is 142 Å². The smallest absolute Gasteiger partial charge is 0.268 e. The number of pyridine rings is 1. The van der Waals surface area contributed by atoms with Gasteiger partial charge in [0.1, 0.15) is 6.04 Å². The molecule has 0 bridgehead atoms. The van der Waals surface area contributed by atoms with E-state index in [1.807, 2.05) is 6.07 Å². The molecule has 2 heterocycles. The van der Waals surface area contributed by atoms with Crippen molar-refractivity contribution in [2.24, 2.45) is 0 Å². The van der Waals surface area contributed by atoms with Crippen molar-refractivity contribution in [3.8, 4) is 6.07 Å². The highest BCUT2D eigenvalue weighted by Gasteiger charge is 2.47. The molecule has 25 heavy (non-hydrogen) atoms. The number of halogens is 2. The average Bonchev–Trinajstić information content (AvgIpc) is 2.93. The van der Waals surface area contributed by atoms with Crippen molar-refractivity contribution in [2.75, 3.05) is 6.54 Å². The van der Waals surface area contributed by atoms with Crippen molar-refractivity contribution in [1.82, 2.24) is 9.88 Å². The third kappa shape index (κ3) is 3.63. The predicted molar refractivity (Wildman–Crippen MR) is 86.0 cm³/mol. The summed E-state index contributed by atoms with van der Waals surface area (Å²) in [5.41, 5.74) is 1.20. The van der Waals surface area contributed by atoms with Crippen molar-refractivity contribution < 1.29 is 18.4 Å². The van der Waals surface area contributed by atoms with E-state index in [1.165, 1.54) is 0 Å². The van der Waals surface area contributed by atoms with Crippen LogP contribution in [0.4, 0.5) is 8.78 Å². The van der Waals surface area contributed by atoms with Crippen molar-refractivity contribution in [3.63, 3.8) is 0 Å². The van der Waals surface area contributed by atoms with Crippen LogP contribution in [-0.2, 0) is 4.79 Å². The lowest BCUT2D eigenvalue weighted by Gasteiger charge is -2.18. The Morgan fingerprint density at radius 2 is 2.12 bits per heavy atom. The average molecular weight is 343 g/mol. The van der Waals surface area contributed by atoms with E-state index in [-0.39, 0.29) is 18.6 Å². The first kappa shape index (κ1) is 17.0. The van der Waals surface area contributed by atoms with E-state index < -0.39 is 30.8 Å². The van der Waals surface area contributed by atoms with E-state index in [4.69, 9.17) is 5.26 Å². The van der Waals surface area contributed by atoms with Gasteiger partial charge in [-0.05, 0) is 24.3 Å². The minimum atomic E-state index is -3.05. The Morgan fingerprint density at radius 3 is 2.88 bits per heavy atom. The fourth-order valence-electron chi connectivity index (χ4n) is 2.95. The van der Waals surface area contributed by atoms with Crippen LogP contribution in [0.5, 0.6) is 0 Å². The maximum atomic E-state index is 13.4. The summed E-state index contributed by atoms with van der Waals surface area (Å²) in [6.07, 6.45) is 0.712. The van der Waals surface area contributed by atoms with Crippen molar-refractivity contribution in [3.05, 3.63) is 42.1 Å². The molecule has 1 saturated heterocycles. The van der Waals surface area contributed by atoms with Gasteiger partial charge in [0.05, 0.1) is 18.1 Å². The molecular weight excluding hydrogens is 328 g/mol. The van der Waals surface area contributed by atoms with Crippen LogP contribution in [0.2, 0.25) is 0 Å². The lowest BCUT2D eigenvalue weighted by atomic mass is 10.0. The predicted octanol–water partition coefficient (Wildman–Crippen LogP) is 2.96. The van der Waals surface area contributed by atoms with Gasteiger partial charge in [-0.2, -0.15) is 5.26 Å². The molecular formula is C18H15F2N3O2. The number of fused-ring (bicyclic) bond motifs is 1. The summed E-state index contributed by atoms with van der Waals surface area (Å²) in [5, 5.41) is 9.73. The molecule has 0 saturated carbocycles. The highest BCUT2D eigenvalue weighted by atomic mass is 19.3. The Morgan fingerprint density at radius 1 is 1.32 bits per heavy atom. The monoisotopic (exact) mass is 343 g/mol. The third-order valence-corrected chi connectivity index (χ3v) is 4.23.